The molecule has 5 aliphatic rings. The Morgan fingerprint density at radius 1 is 1.16 bits per heavy atom. The second-order valence-electron chi connectivity index (χ2n) is 12.8. The van der Waals surface area contributed by atoms with Crippen molar-refractivity contribution >= 4 is 34.2 Å². The van der Waals surface area contributed by atoms with Gasteiger partial charge in [0.25, 0.3) is 11.8 Å². The van der Waals surface area contributed by atoms with Gasteiger partial charge < -0.3 is 20.3 Å². The molecule has 1 aliphatic carbocycles. The van der Waals surface area contributed by atoms with Crippen LogP contribution in [-0.2, 0) is 32.0 Å². The fraction of sp³-hybridized carbons (Fsp3) is 0.424. The minimum absolute atomic E-state index is 0.144. The molecule has 0 bridgehead atoms. The molecule has 6 atom stereocenters. The second kappa shape index (κ2) is 9.25. The fourth-order valence-corrected chi connectivity index (χ4v) is 8.12. The summed E-state index contributed by atoms with van der Waals surface area (Å²) in [7, 11) is 2.02. The number of rotatable bonds is 4. The van der Waals surface area contributed by atoms with Gasteiger partial charge in [0.15, 0.2) is 0 Å². The zero-order valence-electron chi connectivity index (χ0n) is 24.2. The molecule has 4 aliphatic heterocycles. The van der Waals surface area contributed by atoms with Crippen LogP contribution < -0.4 is 5.32 Å². The molecule has 3 fully saturated rings. The largest absolute Gasteiger partial charge is 0.361 e. The van der Waals surface area contributed by atoms with E-state index in [1.54, 1.807) is 4.90 Å². The van der Waals surface area contributed by atoms with E-state index in [0.29, 0.717) is 25.9 Å². The lowest BCUT2D eigenvalue weighted by atomic mass is 9.79. The third-order valence-electron chi connectivity index (χ3n) is 10.1. The van der Waals surface area contributed by atoms with E-state index >= 15 is 0 Å². The number of fused-ring (bicyclic) bond motifs is 5. The van der Waals surface area contributed by atoms with Crippen LogP contribution in [0.25, 0.3) is 16.5 Å². The van der Waals surface area contributed by atoms with E-state index in [0.717, 1.165) is 28.6 Å². The van der Waals surface area contributed by atoms with Crippen LogP contribution in [0, 0.1) is 5.92 Å². The van der Waals surface area contributed by atoms with Crippen LogP contribution in [0.15, 0.2) is 60.8 Å². The molecule has 3 amide bonds. The van der Waals surface area contributed by atoms with E-state index in [2.05, 4.69) is 33.5 Å². The summed E-state index contributed by atoms with van der Waals surface area (Å²) >= 11 is 0. The summed E-state index contributed by atoms with van der Waals surface area (Å²) in [6.45, 7) is 2.45. The number of aromatic nitrogens is 1. The summed E-state index contributed by atoms with van der Waals surface area (Å²) in [5.41, 5.74) is 3.58. The van der Waals surface area contributed by atoms with E-state index in [1.165, 1.54) is 22.8 Å². The first kappa shape index (κ1) is 26.6. The first-order valence-corrected chi connectivity index (χ1v) is 15.1. The van der Waals surface area contributed by atoms with Crippen LogP contribution in [0.5, 0.6) is 0 Å². The number of benzene rings is 2. The Kier molecular flexibility index (Phi) is 5.73. The van der Waals surface area contributed by atoms with Gasteiger partial charge in [-0.2, -0.15) is 0 Å². The number of aliphatic hydroxyl groups is 1. The highest BCUT2D eigenvalue weighted by molar-refractivity contribution is 6.00. The number of carbonyl (C=O) groups excluding carboxylic acids is 3. The minimum Gasteiger partial charge on any atom is -0.361 e. The van der Waals surface area contributed by atoms with Gasteiger partial charge in [0, 0.05) is 42.7 Å². The standard InChI is InChI=1S/C33H35N5O5/c1-32(35-29(39)21-15-23-22-10-6-11-24-28(22)20(17-34-24)16-25(23)36(2)18-21)31(41)38-26(14-19-8-4-3-5-9-19)30(40)37-13-7-12-27(37)33(38,42)43-32/h3-6,8-11,15,17,21,25-27,34,42H,7,12-14,16,18H2,1-2H3,(H,35,39)/t21-,25-,26?,27+,32-,33+/m1/s1. The van der Waals surface area contributed by atoms with Crippen molar-refractivity contribution in [3.8, 4) is 0 Å². The summed E-state index contributed by atoms with van der Waals surface area (Å²) < 4.78 is 6.23. The quantitative estimate of drug-likeness (QED) is 0.434. The van der Waals surface area contributed by atoms with E-state index < -0.39 is 35.5 Å². The van der Waals surface area contributed by atoms with Crippen LogP contribution in [0.3, 0.4) is 0 Å². The van der Waals surface area contributed by atoms with Gasteiger partial charge in [-0.15, -0.1) is 0 Å². The topological polar surface area (TPSA) is 118 Å². The molecule has 1 aromatic heterocycles. The van der Waals surface area contributed by atoms with Crippen molar-refractivity contribution in [2.75, 3.05) is 20.1 Å². The van der Waals surface area contributed by atoms with Gasteiger partial charge in [-0.1, -0.05) is 48.5 Å². The number of likely N-dealkylation sites (N-methyl/N-ethyl adjacent to an activating group) is 1. The Balaban J connectivity index is 1.11. The average Bonchev–Trinajstić information content (AvgIpc) is 3.70. The molecule has 43 heavy (non-hydrogen) atoms. The van der Waals surface area contributed by atoms with E-state index in [1.807, 2.05) is 49.5 Å². The number of hydrogen-bond donors (Lipinski definition) is 3. The molecule has 3 saturated heterocycles. The summed E-state index contributed by atoms with van der Waals surface area (Å²) in [5, 5.41) is 16.1. The van der Waals surface area contributed by atoms with Gasteiger partial charge in [0.05, 0.1) is 5.92 Å². The summed E-state index contributed by atoms with van der Waals surface area (Å²) in [6, 6.07) is 14.1. The predicted molar refractivity (Wildman–Crippen MR) is 158 cm³/mol. The van der Waals surface area contributed by atoms with Gasteiger partial charge in [0.2, 0.25) is 17.5 Å². The molecule has 222 valence electrons. The molecule has 0 saturated carbocycles. The summed E-state index contributed by atoms with van der Waals surface area (Å²) in [5.74, 6) is -3.77. The molecule has 8 rings (SSSR count). The highest BCUT2D eigenvalue weighted by Crippen LogP contribution is 2.46. The Labute approximate surface area is 249 Å². The summed E-state index contributed by atoms with van der Waals surface area (Å²) in [4.78, 5) is 50.2. The molecule has 10 nitrogen and oxygen atoms in total. The Bertz CT molecular complexity index is 1700. The van der Waals surface area contributed by atoms with Crippen LogP contribution in [0.1, 0.15) is 36.5 Å². The van der Waals surface area contributed by atoms with Crippen LogP contribution in [0.2, 0.25) is 0 Å². The maximum atomic E-state index is 14.2. The predicted octanol–water partition coefficient (Wildman–Crippen LogP) is 1.99. The molecule has 1 unspecified atom stereocenters. The zero-order chi connectivity index (χ0) is 29.7. The Hall–Kier alpha value is -3.99. The molecular weight excluding hydrogens is 546 g/mol. The fourth-order valence-electron chi connectivity index (χ4n) is 8.12. The third-order valence-corrected chi connectivity index (χ3v) is 10.1. The number of carbonyl (C=O) groups is 3. The molecule has 5 heterocycles. The Morgan fingerprint density at radius 3 is 2.79 bits per heavy atom. The van der Waals surface area contributed by atoms with Crippen LogP contribution >= 0.6 is 0 Å². The van der Waals surface area contributed by atoms with Crippen molar-refractivity contribution in [2.45, 2.75) is 62.4 Å². The molecule has 10 heteroatoms. The molecular formula is C33H35N5O5. The van der Waals surface area contributed by atoms with Gasteiger partial charge in [-0.3, -0.25) is 28.9 Å². The number of hydrogen-bond acceptors (Lipinski definition) is 6. The highest BCUT2D eigenvalue weighted by atomic mass is 16.7. The number of nitrogens with zero attached hydrogens (tertiary/aromatic N) is 3. The van der Waals surface area contributed by atoms with Crippen LogP contribution in [0.4, 0.5) is 0 Å². The third kappa shape index (κ3) is 3.79. The molecule has 3 N–H and O–H groups in total. The highest BCUT2D eigenvalue weighted by Gasteiger charge is 2.70. The normalized spacial score (nSPS) is 33.3. The van der Waals surface area contributed by atoms with E-state index in [9.17, 15) is 19.5 Å². The van der Waals surface area contributed by atoms with Crippen molar-refractivity contribution in [1.82, 2.24) is 25.0 Å². The SMILES string of the molecule is CN1C[C@H](C(=O)N[C@]2(C)O[C@@]3(O)[C@@H]4CCCN4C(=O)C(Cc4ccccc4)N3C2=O)C=C2c3cccc4[nH]cc(c34)C[C@H]21. The maximum Gasteiger partial charge on any atom is 0.280 e. The van der Waals surface area contributed by atoms with Gasteiger partial charge in [0.1, 0.15) is 12.1 Å². The van der Waals surface area contributed by atoms with Crippen molar-refractivity contribution in [2.24, 2.45) is 5.92 Å². The lowest BCUT2D eigenvalue weighted by Gasteiger charge is -2.48. The second-order valence-corrected chi connectivity index (χ2v) is 12.8. The lowest BCUT2D eigenvalue weighted by molar-refractivity contribution is -0.315. The number of nitrogens with one attached hydrogen (secondary N) is 2. The molecule has 3 aromatic rings. The number of H-pyrrole nitrogens is 1. The van der Waals surface area contributed by atoms with E-state index in [-0.39, 0.29) is 24.3 Å². The summed E-state index contributed by atoms with van der Waals surface area (Å²) in [6.07, 6.45) is 6.38. The Morgan fingerprint density at radius 2 is 1.98 bits per heavy atom. The van der Waals surface area contributed by atoms with Gasteiger partial charge in [-0.25, -0.2) is 0 Å². The first-order chi connectivity index (χ1) is 20.7. The number of aromatic amines is 1. The van der Waals surface area contributed by atoms with Crippen molar-refractivity contribution in [3.63, 3.8) is 0 Å². The van der Waals surface area contributed by atoms with E-state index in [4.69, 9.17) is 4.74 Å². The molecule has 0 radical (unpaired) electrons. The zero-order valence-corrected chi connectivity index (χ0v) is 24.2. The van der Waals surface area contributed by atoms with Crippen molar-refractivity contribution in [1.29, 1.82) is 0 Å². The lowest BCUT2D eigenvalue weighted by Crippen LogP contribution is -2.71. The minimum atomic E-state index is -2.04. The first-order valence-electron chi connectivity index (χ1n) is 15.1. The smallest absolute Gasteiger partial charge is 0.280 e. The number of amides is 3. The monoisotopic (exact) mass is 581 g/mol. The van der Waals surface area contributed by atoms with Gasteiger partial charge >= 0.3 is 0 Å². The average molecular weight is 582 g/mol. The molecule has 0 spiro atoms. The van der Waals surface area contributed by atoms with Crippen molar-refractivity contribution < 1.29 is 24.2 Å². The number of piperazine rings is 1. The molecule has 2 aromatic carbocycles. The van der Waals surface area contributed by atoms with Crippen molar-refractivity contribution in [3.05, 3.63) is 77.5 Å². The number of ether oxygens (including phenoxy) is 1. The van der Waals surface area contributed by atoms with Crippen LogP contribution in [-0.4, -0.2) is 92.4 Å². The van der Waals surface area contributed by atoms with Gasteiger partial charge in [-0.05, 0) is 61.6 Å². The maximum absolute atomic E-state index is 14.2.